The number of rotatable bonds is 4. The van der Waals surface area contributed by atoms with Gasteiger partial charge in [-0.3, -0.25) is 0 Å². The molecule has 0 N–H and O–H groups in total. The van der Waals surface area contributed by atoms with Gasteiger partial charge in [0.05, 0.1) is 6.26 Å². The van der Waals surface area contributed by atoms with Gasteiger partial charge in [0.2, 0.25) is 0 Å². The third-order valence-electron chi connectivity index (χ3n) is 0.760. The fourth-order valence-corrected chi connectivity index (χ4v) is 1.10. The smallest absolute Gasteiger partial charge is 0.123 e. The van der Waals surface area contributed by atoms with E-state index in [2.05, 4.69) is 0 Å². The van der Waals surface area contributed by atoms with Crippen LogP contribution in [-0.4, -0.2) is 28.6 Å². The zero-order valence-electron chi connectivity index (χ0n) is 5.79. The summed E-state index contributed by atoms with van der Waals surface area (Å²) in [6.07, 6.45) is 7.77. The lowest BCUT2D eigenvalue weighted by Gasteiger charge is -1.97. The molecule has 54 valence electrons. The van der Waals surface area contributed by atoms with Crippen LogP contribution in [-0.2, 0) is 11.2 Å². The molecule has 0 radical (unpaired) electrons. The number of hydrogen-bond donors (Lipinski definition) is 0. The lowest BCUT2D eigenvalue weighted by Crippen LogP contribution is -1.99. The molecule has 0 aliphatic heterocycles. The van der Waals surface area contributed by atoms with Crippen molar-refractivity contribution in [3.8, 4) is 0 Å². The molecule has 0 aromatic rings. The van der Waals surface area contributed by atoms with E-state index >= 15 is 0 Å². The van der Waals surface area contributed by atoms with Crippen LogP contribution in [0.3, 0.4) is 0 Å². The molecule has 0 aromatic heterocycles. The Morgan fingerprint density at radius 3 is 2.67 bits per heavy atom. The summed E-state index contributed by atoms with van der Waals surface area (Å²) in [6, 6.07) is 0. The Balaban J connectivity index is 3.04. The summed E-state index contributed by atoms with van der Waals surface area (Å²) in [5.41, 5.74) is 0. The Morgan fingerprint density at radius 2 is 2.22 bits per heavy atom. The molecule has 1 unspecified atom stereocenters. The van der Waals surface area contributed by atoms with Gasteiger partial charge in [-0.25, -0.2) is 0 Å². The van der Waals surface area contributed by atoms with Gasteiger partial charge in [0, 0.05) is 5.75 Å². The van der Waals surface area contributed by atoms with E-state index in [1.165, 1.54) is 0 Å². The zero-order chi connectivity index (χ0) is 7.11. The van der Waals surface area contributed by atoms with Crippen LogP contribution in [0, 0.1) is 0 Å². The van der Waals surface area contributed by atoms with Gasteiger partial charge in [-0.1, -0.05) is 17.3 Å². The highest BCUT2D eigenvalue weighted by molar-refractivity contribution is 7.98. The SMILES string of the molecule is CSCC=CC[S+](C)[O-]. The molecule has 0 heterocycles. The van der Waals surface area contributed by atoms with Gasteiger partial charge in [0.15, 0.2) is 0 Å². The molecule has 0 fully saturated rings. The molecule has 0 saturated carbocycles. The minimum absolute atomic E-state index is 0.665. The molecule has 0 aliphatic carbocycles. The van der Waals surface area contributed by atoms with E-state index < -0.39 is 11.2 Å². The minimum Gasteiger partial charge on any atom is -0.616 e. The molecule has 0 aromatic carbocycles. The topological polar surface area (TPSA) is 23.1 Å². The van der Waals surface area contributed by atoms with Crippen molar-refractivity contribution >= 4 is 22.9 Å². The molecule has 3 heteroatoms. The first-order chi connectivity index (χ1) is 4.27. The van der Waals surface area contributed by atoms with E-state index in [0.717, 1.165) is 5.75 Å². The Labute approximate surface area is 64.1 Å². The van der Waals surface area contributed by atoms with Crippen molar-refractivity contribution in [3.63, 3.8) is 0 Å². The average Bonchev–Trinajstić information content (AvgIpc) is 1.80. The predicted molar refractivity (Wildman–Crippen MR) is 46.5 cm³/mol. The van der Waals surface area contributed by atoms with Crippen LogP contribution >= 0.6 is 11.8 Å². The summed E-state index contributed by atoms with van der Waals surface area (Å²) in [7, 11) is 0. The summed E-state index contributed by atoms with van der Waals surface area (Å²) in [4.78, 5) is 0. The lowest BCUT2D eigenvalue weighted by atomic mass is 10.6. The second-order valence-electron chi connectivity index (χ2n) is 1.67. The van der Waals surface area contributed by atoms with Crippen LogP contribution < -0.4 is 0 Å². The van der Waals surface area contributed by atoms with E-state index in [1.807, 2.05) is 18.4 Å². The molecular weight excluding hydrogens is 152 g/mol. The van der Waals surface area contributed by atoms with Crippen LogP contribution in [0.1, 0.15) is 0 Å². The van der Waals surface area contributed by atoms with Crippen molar-refractivity contribution in [1.82, 2.24) is 0 Å². The third kappa shape index (κ3) is 8.40. The molecule has 9 heavy (non-hydrogen) atoms. The van der Waals surface area contributed by atoms with Crippen molar-refractivity contribution in [2.24, 2.45) is 0 Å². The summed E-state index contributed by atoms with van der Waals surface area (Å²) < 4.78 is 10.5. The fourth-order valence-electron chi connectivity index (χ4n) is 0.368. The molecule has 0 rings (SSSR count). The van der Waals surface area contributed by atoms with Crippen molar-refractivity contribution < 1.29 is 4.55 Å². The molecule has 0 amide bonds. The van der Waals surface area contributed by atoms with E-state index in [0.29, 0.717) is 5.75 Å². The summed E-state index contributed by atoms with van der Waals surface area (Å²) in [5, 5.41) is 0. The highest BCUT2D eigenvalue weighted by Crippen LogP contribution is 1.92. The van der Waals surface area contributed by atoms with Crippen molar-refractivity contribution in [3.05, 3.63) is 12.2 Å². The number of hydrogen-bond acceptors (Lipinski definition) is 2. The molecule has 0 bridgehead atoms. The highest BCUT2D eigenvalue weighted by atomic mass is 32.2. The Morgan fingerprint density at radius 1 is 1.56 bits per heavy atom. The number of thioether (sulfide) groups is 1. The van der Waals surface area contributed by atoms with Crippen molar-refractivity contribution in [2.45, 2.75) is 0 Å². The van der Waals surface area contributed by atoms with Crippen LogP contribution in [0.2, 0.25) is 0 Å². The van der Waals surface area contributed by atoms with Crippen LogP contribution in [0.25, 0.3) is 0 Å². The first-order valence-electron chi connectivity index (χ1n) is 2.71. The van der Waals surface area contributed by atoms with Crippen LogP contribution in [0.15, 0.2) is 12.2 Å². The monoisotopic (exact) mass is 164 g/mol. The van der Waals surface area contributed by atoms with Gasteiger partial charge in [0.25, 0.3) is 0 Å². The standard InChI is InChI=1S/C6H12OS2/c1-8-5-3-4-6-9(2)7/h3-4H,5-6H2,1-2H3. The van der Waals surface area contributed by atoms with E-state index in [9.17, 15) is 4.55 Å². The molecule has 0 saturated heterocycles. The second-order valence-corrected chi connectivity index (χ2v) is 4.06. The molecular formula is C6H12OS2. The summed E-state index contributed by atoms with van der Waals surface area (Å²) in [5.74, 6) is 1.72. The average molecular weight is 164 g/mol. The van der Waals surface area contributed by atoms with Crippen LogP contribution in [0.4, 0.5) is 0 Å². The maximum atomic E-state index is 10.5. The van der Waals surface area contributed by atoms with Gasteiger partial charge in [-0.15, -0.1) is 0 Å². The molecule has 0 spiro atoms. The maximum Gasteiger partial charge on any atom is 0.123 e. The predicted octanol–water partition coefficient (Wildman–Crippen LogP) is 1.28. The second kappa shape index (κ2) is 6.52. The zero-order valence-corrected chi connectivity index (χ0v) is 7.43. The maximum absolute atomic E-state index is 10.5. The Hall–Kier alpha value is 0.400. The Kier molecular flexibility index (Phi) is 6.81. The molecule has 0 aliphatic rings. The first kappa shape index (κ1) is 9.40. The largest absolute Gasteiger partial charge is 0.616 e. The highest BCUT2D eigenvalue weighted by Gasteiger charge is 1.87. The summed E-state index contributed by atoms with van der Waals surface area (Å²) in [6.45, 7) is 0. The normalized spacial score (nSPS) is 14.6. The van der Waals surface area contributed by atoms with E-state index in [-0.39, 0.29) is 0 Å². The fraction of sp³-hybridized carbons (Fsp3) is 0.667. The quantitative estimate of drug-likeness (QED) is 0.461. The van der Waals surface area contributed by atoms with E-state index in [4.69, 9.17) is 0 Å². The Bertz CT molecular complexity index is 81.1. The van der Waals surface area contributed by atoms with Gasteiger partial charge >= 0.3 is 0 Å². The first-order valence-corrected chi connectivity index (χ1v) is 5.83. The van der Waals surface area contributed by atoms with Gasteiger partial charge in [0.1, 0.15) is 5.75 Å². The van der Waals surface area contributed by atoms with Crippen molar-refractivity contribution in [2.75, 3.05) is 24.0 Å². The third-order valence-corrected chi connectivity index (χ3v) is 1.95. The van der Waals surface area contributed by atoms with Crippen LogP contribution in [0.5, 0.6) is 0 Å². The lowest BCUT2D eigenvalue weighted by molar-refractivity contribution is 0.603. The van der Waals surface area contributed by atoms with E-state index in [1.54, 1.807) is 18.0 Å². The van der Waals surface area contributed by atoms with Gasteiger partial charge in [-0.05, 0) is 12.3 Å². The minimum atomic E-state index is -0.665. The van der Waals surface area contributed by atoms with Crippen molar-refractivity contribution in [1.29, 1.82) is 0 Å². The molecule has 1 nitrogen and oxygen atoms in total. The van der Waals surface area contributed by atoms with Gasteiger partial charge < -0.3 is 4.55 Å². The summed E-state index contributed by atoms with van der Waals surface area (Å²) >= 11 is 1.10. The molecule has 1 atom stereocenters. The van der Waals surface area contributed by atoms with Gasteiger partial charge in [-0.2, -0.15) is 11.8 Å².